The van der Waals surface area contributed by atoms with Gasteiger partial charge in [0.1, 0.15) is 4.99 Å². The minimum atomic E-state index is 0.469. The van der Waals surface area contributed by atoms with Crippen LogP contribution in [0.1, 0.15) is 32.3 Å². The summed E-state index contributed by atoms with van der Waals surface area (Å²) in [6.45, 7) is 5.80. The number of hydrogen-bond acceptors (Lipinski definition) is 2. The molecule has 0 aromatic heterocycles. The van der Waals surface area contributed by atoms with Crippen LogP contribution in [-0.4, -0.2) is 17.6 Å². The predicted molar refractivity (Wildman–Crippen MR) is 77.5 cm³/mol. The van der Waals surface area contributed by atoms with Crippen molar-refractivity contribution in [1.29, 1.82) is 0 Å². The van der Waals surface area contributed by atoms with E-state index in [0.29, 0.717) is 11.0 Å². The van der Waals surface area contributed by atoms with Crippen LogP contribution in [0.2, 0.25) is 0 Å². The van der Waals surface area contributed by atoms with E-state index in [1.165, 1.54) is 18.5 Å². The van der Waals surface area contributed by atoms with Crippen molar-refractivity contribution in [2.75, 3.05) is 11.4 Å². The fourth-order valence-corrected chi connectivity index (χ4v) is 2.65. The number of benzene rings is 1. The maximum atomic E-state index is 5.61. The highest BCUT2D eigenvalue weighted by molar-refractivity contribution is 7.80. The van der Waals surface area contributed by atoms with Gasteiger partial charge in [-0.25, -0.2) is 0 Å². The number of anilines is 1. The molecule has 0 saturated carbocycles. The van der Waals surface area contributed by atoms with E-state index in [2.05, 4.69) is 30.9 Å². The van der Waals surface area contributed by atoms with Crippen molar-refractivity contribution in [3.05, 3.63) is 29.8 Å². The molecule has 1 aliphatic rings. The lowest BCUT2D eigenvalue weighted by Gasteiger charge is -2.39. The average Bonchev–Trinajstić information content (AvgIpc) is 2.33. The monoisotopic (exact) mass is 248 g/mol. The lowest BCUT2D eigenvalue weighted by molar-refractivity contribution is 0.363. The summed E-state index contributed by atoms with van der Waals surface area (Å²) in [5, 5.41) is 0. The Labute approximate surface area is 109 Å². The summed E-state index contributed by atoms with van der Waals surface area (Å²) in [5.41, 5.74) is 7.84. The van der Waals surface area contributed by atoms with E-state index in [1.54, 1.807) is 0 Å². The van der Waals surface area contributed by atoms with Crippen molar-refractivity contribution in [1.82, 2.24) is 0 Å². The molecule has 2 rings (SSSR count). The molecule has 1 heterocycles. The van der Waals surface area contributed by atoms with Gasteiger partial charge in [-0.15, -0.1) is 0 Å². The molecule has 1 fully saturated rings. The zero-order valence-corrected chi connectivity index (χ0v) is 11.3. The maximum Gasteiger partial charge on any atom is 0.103 e. The first-order chi connectivity index (χ1) is 8.09. The van der Waals surface area contributed by atoms with Crippen molar-refractivity contribution >= 4 is 22.9 Å². The molecule has 92 valence electrons. The number of piperidine rings is 1. The average molecular weight is 248 g/mol. The van der Waals surface area contributed by atoms with E-state index in [-0.39, 0.29) is 0 Å². The summed E-state index contributed by atoms with van der Waals surface area (Å²) >= 11 is 4.97. The quantitative estimate of drug-likeness (QED) is 0.816. The molecule has 2 unspecified atom stereocenters. The zero-order valence-electron chi connectivity index (χ0n) is 10.5. The first kappa shape index (κ1) is 12.4. The Morgan fingerprint density at radius 3 is 2.53 bits per heavy atom. The summed E-state index contributed by atoms with van der Waals surface area (Å²) in [7, 11) is 0. The molecule has 0 aliphatic carbocycles. The third kappa shape index (κ3) is 2.60. The van der Waals surface area contributed by atoms with Gasteiger partial charge in [0.15, 0.2) is 0 Å². The predicted octanol–water partition coefficient (Wildman–Crippen LogP) is 2.95. The number of nitrogens with two attached hydrogens (primary N) is 1. The first-order valence-electron chi connectivity index (χ1n) is 6.26. The molecule has 2 atom stereocenters. The van der Waals surface area contributed by atoms with Crippen LogP contribution in [-0.2, 0) is 0 Å². The third-order valence-corrected chi connectivity index (χ3v) is 4.09. The van der Waals surface area contributed by atoms with Crippen LogP contribution in [0.15, 0.2) is 24.3 Å². The topological polar surface area (TPSA) is 29.3 Å². The molecule has 17 heavy (non-hydrogen) atoms. The van der Waals surface area contributed by atoms with Gasteiger partial charge in [0.25, 0.3) is 0 Å². The molecule has 2 nitrogen and oxygen atoms in total. The lowest BCUT2D eigenvalue weighted by Crippen LogP contribution is -2.42. The molecular formula is C14H20N2S. The molecule has 0 spiro atoms. The second-order valence-corrected chi connectivity index (χ2v) is 5.40. The van der Waals surface area contributed by atoms with Crippen molar-refractivity contribution < 1.29 is 0 Å². The number of thiocarbonyl (C=S) groups is 1. The van der Waals surface area contributed by atoms with Crippen molar-refractivity contribution in [2.24, 2.45) is 11.7 Å². The third-order valence-electron chi connectivity index (χ3n) is 3.86. The van der Waals surface area contributed by atoms with Crippen LogP contribution >= 0.6 is 12.2 Å². The summed E-state index contributed by atoms with van der Waals surface area (Å²) in [4.78, 5) is 2.95. The van der Waals surface area contributed by atoms with E-state index < -0.39 is 0 Å². The van der Waals surface area contributed by atoms with Gasteiger partial charge in [0, 0.05) is 23.8 Å². The Morgan fingerprint density at radius 2 is 1.94 bits per heavy atom. The van der Waals surface area contributed by atoms with Gasteiger partial charge >= 0.3 is 0 Å². The van der Waals surface area contributed by atoms with Gasteiger partial charge in [0.05, 0.1) is 0 Å². The highest BCUT2D eigenvalue weighted by atomic mass is 32.1. The smallest absolute Gasteiger partial charge is 0.103 e. The number of rotatable bonds is 2. The molecule has 3 heteroatoms. The van der Waals surface area contributed by atoms with Crippen LogP contribution in [0.5, 0.6) is 0 Å². The van der Waals surface area contributed by atoms with Gasteiger partial charge < -0.3 is 10.6 Å². The standard InChI is InChI=1S/C14H20N2S/c1-10-4-3-9-16(11(10)2)13-7-5-12(6-8-13)14(15)17/h5-8,10-11H,3-4,9H2,1-2H3,(H2,15,17). The number of nitrogens with zero attached hydrogens (tertiary/aromatic N) is 1. The van der Waals surface area contributed by atoms with Gasteiger partial charge in [0.2, 0.25) is 0 Å². The van der Waals surface area contributed by atoms with E-state index in [4.69, 9.17) is 18.0 Å². The van der Waals surface area contributed by atoms with Gasteiger partial charge in [-0.2, -0.15) is 0 Å². The summed E-state index contributed by atoms with van der Waals surface area (Å²) in [5.74, 6) is 0.763. The Bertz CT molecular complexity index is 399. The highest BCUT2D eigenvalue weighted by Crippen LogP contribution is 2.28. The normalized spacial score (nSPS) is 24.7. The van der Waals surface area contributed by atoms with E-state index in [1.807, 2.05) is 12.1 Å². The summed E-state index contributed by atoms with van der Waals surface area (Å²) < 4.78 is 0. The van der Waals surface area contributed by atoms with Crippen molar-refractivity contribution in [3.8, 4) is 0 Å². The van der Waals surface area contributed by atoms with Crippen LogP contribution < -0.4 is 10.6 Å². The second-order valence-electron chi connectivity index (χ2n) is 4.96. The molecule has 1 aromatic carbocycles. The Morgan fingerprint density at radius 1 is 1.29 bits per heavy atom. The molecule has 0 bridgehead atoms. The maximum absolute atomic E-state index is 5.61. The fraction of sp³-hybridized carbons (Fsp3) is 0.500. The molecule has 1 saturated heterocycles. The Balaban J connectivity index is 2.19. The molecule has 0 radical (unpaired) electrons. The van der Waals surface area contributed by atoms with Crippen LogP contribution in [0.25, 0.3) is 0 Å². The molecular weight excluding hydrogens is 228 g/mol. The highest BCUT2D eigenvalue weighted by Gasteiger charge is 2.24. The minimum Gasteiger partial charge on any atom is -0.389 e. The summed E-state index contributed by atoms with van der Waals surface area (Å²) in [6.07, 6.45) is 2.62. The summed E-state index contributed by atoms with van der Waals surface area (Å²) in [6, 6.07) is 8.90. The molecule has 0 amide bonds. The molecule has 1 aromatic rings. The first-order valence-corrected chi connectivity index (χ1v) is 6.67. The van der Waals surface area contributed by atoms with Crippen LogP contribution in [0, 0.1) is 5.92 Å². The van der Waals surface area contributed by atoms with Gasteiger partial charge in [-0.1, -0.05) is 19.1 Å². The lowest BCUT2D eigenvalue weighted by atomic mass is 9.91. The van der Waals surface area contributed by atoms with Crippen LogP contribution in [0.3, 0.4) is 0 Å². The largest absolute Gasteiger partial charge is 0.389 e. The van der Waals surface area contributed by atoms with E-state index >= 15 is 0 Å². The van der Waals surface area contributed by atoms with Crippen LogP contribution in [0.4, 0.5) is 5.69 Å². The van der Waals surface area contributed by atoms with E-state index in [0.717, 1.165) is 18.0 Å². The second kappa shape index (κ2) is 5.05. The molecule has 1 aliphatic heterocycles. The van der Waals surface area contributed by atoms with E-state index in [9.17, 15) is 0 Å². The van der Waals surface area contributed by atoms with Gasteiger partial charge in [-0.3, -0.25) is 0 Å². The SMILES string of the molecule is CC1CCCN(c2ccc(C(N)=S)cc2)C1C. The fourth-order valence-electron chi connectivity index (χ4n) is 2.52. The van der Waals surface area contributed by atoms with Gasteiger partial charge in [-0.05, 0) is 49.9 Å². The Hall–Kier alpha value is -1.09. The molecule has 2 N–H and O–H groups in total. The van der Waals surface area contributed by atoms with Crippen molar-refractivity contribution in [2.45, 2.75) is 32.7 Å². The Kier molecular flexibility index (Phi) is 3.67. The number of hydrogen-bond donors (Lipinski definition) is 1. The zero-order chi connectivity index (χ0) is 12.4. The van der Waals surface area contributed by atoms with Crippen molar-refractivity contribution in [3.63, 3.8) is 0 Å². The minimum absolute atomic E-state index is 0.469.